The molecule has 0 aromatic rings. The number of nitrogens with two attached hydrogens (primary N) is 1. The number of rotatable bonds is 2. The van der Waals surface area contributed by atoms with Gasteiger partial charge in [-0.2, -0.15) is 0 Å². The molecule has 0 aromatic carbocycles. The van der Waals surface area contributed by atoms with Gasteiger partial charge >= 0.3 is 5.97 Å². The van der Waals surface area contributed by atoms with E-state index in [-0.39, 0.29) is 6.73 Å². The van der Waals surface area contributed by atoms with E-state index in [2.05, 4.69) is 14.7 Å². The number of carbonyl (C=O) groups is 1. The topological polar surface area (TPSA) is 73.9 Å². The molecule has 5 nitrogen and oxygen atoms in total. The first-order chi connectivity index (χ1) is 4.84. The number of carbonyl (C=O) groups excluding carboxylic acids is 1. The third-order valence-electron chi connectivity index (χ3n) is 1.07. The molecule has 0 amide bonds. The highest BCUT2D eigenvalue weighted by molar-refractivity contribution is 5.79. The fourth-order valence-electron chi connectivity index (χ4n) is 0.613. The van der Waals surface area contributed by atoms with Crippen LogP contribution in [0.3, 0.4) is 0 Å². The number of nitrogens with zero attached hydrogens (tertiary/aromatic N) is 1. The van der Waals surface area contributed by atoms with Gasteiger partial charge in [0.1, 0.15) is 6.73 Å². The number of hydrogen-bond acceptors (Lipinski definition) is 5. The van der Waals surface area contributed by atoms with Crippen LogP contribution >= 0.6 is 0 Å². The zero-order valence-corrected chi connectivity index (χ0v) is 5.32. The SMILES string of the molecule is NCOC(=O)C1CC=NO1. The van der Waals surface area contributed by atoms with Crippen LogP contribution in [0.4, 0.5) is 0 Å². The predicted octanol–water partition coefficient (Wildman–Crippen LogP) is -0.779. The van der Waals surface area contributed by atoms with Crippen LogP contribution in [0.15, 0.2) is 5.16 Å². The highest BCUT2D eigenvalue weighted by Gasteiger charge is 2.23. The summed E-state index contributed by atoms with van der Waals surface area (Å²) in [5.41, 5.74) is 4.96. The first-order valence-corrected chi connectivity index (χ1v) is 2.89. The van der Waals surface area contributed by atoms with Crippen LogP contribution in [0.1, 0.15) is 6.42 Å². The van der Waals surface area contributed by atoms with Crippen LogP contribution in [0.2, 0.25) is 0 Å². The molecule has 0 radical (unpaired) electrons. The van der Waals surface area contributed by atoms with Crippen molar-refractivity contribution < 1.29 is 14.4 Å². The Kier molecular flexibility index (Phi) is 2.22. The Balaban J connectivity index is 2.28. The average molecular weight is 144 g/mol. The van der Waals surface area contributed by atoms with Gasteiger partial charge in [-0.1, -0.05) is 5.16 Å². The van der Waals surface area contributed by atoms with Crippen molar-refractivity contribution in [1.29, 1.82) is 0 Å². The summed E-state index contributed by atoms with van der Waals surface area (Å²) in [5, 5.41) is 3.40. The van der Waals surface area contributed by atoms with Crippen molar-refractivity contribution >= 4 is 12.2 Å². The molecule has 0 aliphatic carbocycles. The lowest BCUT2D eigenvalue weighted by Crippen LogP contribution is -2.24. The molecule has 0 saturated heterocycles. The van der Waals surface area contributed by atoms with Crippen LogP contribution in [0.25, 0.3) is 0 Å². The molecule has 0 bridgehead atoms. The number of hydrogen-bond donors (Lipinski definition) is 1. The molecular weight excluding hydrogens is 136 g/mol. The van der Waals surface area contributed by atoms with E-state index in [1.54, 1.807) is 0 Å². The van der Waals surface area contributed by atoms with E-state index < -0.39 is 12.1 Å². The maximum Gasteiger partial charge on any atom is 0.351 e. The second-order valence-electron chi connectivity index (χ2n) is 1.75. The van der Waals surface area contributed by atoms with Gasteiger partial charge in [0.05, 0.1) is 0 Å². The molecule has 1 heterocycles. The second-order valence-corrected chi connectivity index (χ2v) is 1.75. The minimum Gasteiger partial charge on any atom is -0.447 e. The molecule has 1 rings (SSSR count). The molecule has 1 aliphatic rings. The summed E-state index contributed by atoms with van der Waals surface area (Å²) in [6, 6.07) is 0. The predicted molar refractivity (Wildman–Crippen MR) is 33.1 cm³/mol. The monoisotopic (exact) mass is 144 g/mol. The third-order valence-corrected chi connectivity index (χ3v) is 1.07. The van der Waals surface area contributed by atoms with Gasteiger partial charge in [-0.05, 0) is 0 Å². The first kappa shape index (κ1) is 7.01. The van der Waals surface area contributed by atoms with E-state index in [4.69, 9.17) is 5.73 Å². The fourth-order valence-corrected chi connectivity index (χ4v) is 0.613. The summed E-state index contributed by atoms with van der Waals surface area (Å²) < 4.78 is 4.46. The van der Waals surface area contributed by atoms with Crippen LogP contribution < -0.4 is 5.73 Å². The molecule has 5 heteroatoms. The Morgan fingerprint density at radius 1 is 2.00 bits per heavy atom. The Bertz CT molecular complexity index is 149. The van der Waals surface area contributed by atoms with Gasteiger partial charge in [0.25, 0.3) is 0 Å². The smallest absolute Gasteiger partial charge is 0.351 e. The van der Waals surface area contributed by atoms with Gasteiger partial charge < -0.3 is 9.57 Å². The van der Waals surface area contributed by atoms with Crippen LogP contribution in [-0.4, -0.2) is 25.0 Å². The van der Waals surface area contributed by atoms with E-state index >= 15 is 0 Å². The molecule has 0 saturated carbocycles. The molecular formula is C5H8N2O3. The van der Waals surface area contributed by atoms with E-state index in [0.29, 0.717) is 6.42 Å². The van der Waals surface area contributed by atoms with E-state index in [9.17, 15) is 4.79 Å². The highest BCUT2D eigenvalue weighted by atomic mass is 16.7. The van der Waals surface area contributed by atoms with Crippen molar-refractivity contribution in [3.63, 3.8) is 0 Å². The minimum absolute atomic E-state index is 0.112. The van der Waals surface area contributed by atoms with Gasteiger partial charge in [0.2, 0.25) is 6.10 Å². The average Bonchev–Trinajstić information content (AvgIpc) is 2.38. The standard InChI is InChI=1S/C5H8N2O3/c6-3-9-5(8)4-1-2-7-10-4/h2,4H,1,3,6H2. The van der Waals surface area contributed by atoms with Crippen LogP contribution in [0, 0.1) is 0 Å². The van der Waals surface area contributed by atoms with Crippen molar-refractivity contribution in [2.75, 3.05) is 6.73 Å². The highest BCUT2D eigenvalue weighted by Crippen LogP contribution is 2.05. The Labute approximate surface area is 57.8 Å². The lowest BCUT2D eigenvalue weighted by atomic mass is 10.3. The third kappa shape index (κ3) is 1.44. The van der Waals surface area contributed by atoms with Gasteiger partial charge in [-0.25, -0.2) is 4.79 Å². The number of ether oxygens (including phenoxy) is 1. The molecule has 1 aliphatic heterocycles. The maximum atomic E-state index is 10.7. The molecule has 0 aromatic heterocycles. The van der Waals surface area contributed by atoms with Gasteiger partial charge in [-0.15, -0.1) is 0 Å². The normalized spacial score (nSPS) is 22.3. The van der Waals surface area contributed by atoms with Crippen molar-refractivity contribution in [2.45, 2.75) is 12.5 Å². The van der Waals surface area contributed by atoms with Gasteiger partial charge in [0, 0.05) is 12.6 Å². The molecule has 0 spiro atoms. The summed E-state index contributed by atoms with van der Waals surface area (Å²) in [4.78, 5) is 15.3. The zero-order valence-electron chi connectivity index (χ0n) is 5.32. The Morgan fingerprint density at radius 3 is 3.30 bits per heavy atom. The maximum absolute atomic E-state index is 10.7. The lowest BCUT2D eigenvalue weighted by Gasteiger charge is -2.05. The Hall–Kier alpha value is -1.10. The molecule has 0 fully saturated rings. The Morgan fingerprint density at radius 2 is 2.80 bits per heavy atom. The fraction of sp³-hybridized carbons (Fsp3) is 0.600. The summed E-state index contributed by atoms with van der Waals surface area (Å²) in [6.45, 7) is -0.112. The molecule has 10 heavy (non-hydrogen) atoms. The number of esters is 1. The van der Waals surface area contributed by atoms with E-state index in [0.717, 1.165) is 0 Å². The minimum atomic E-state index is -0.580. The summed E-state index contributed by atoms with van der Waals surface area (Å²) in [5.74, 6) is -0.458. The largest absolute Gasteiger partial charge is 0.447 e. The van der Waals surface area contributed by atoms with Crippen molar-refractivity contribution in [3.8, 4) is 0 Å². The quantitative estimate of drug-likeness (QED) is 0.407. The van der Waals surface area contributed by atoms with Gasteiger partial charge in [0.15, 0.2) is 0 Å². The van der Waals surface area contributed by atoms with Crippen molar-refractivity contribution in [2.24, 2.45) is 10.9 Å². The second kappa shape index (κ2) is 3.17. The van der Waals surface area contributed by atoms with E-state index in [1.807, 2.05) is 0 Å². The van der Waals surface area contributed by atoms with Crippen molar-refractivity contribution in [1.82, 2.24) is 0 Å². The summed E-state index contributed by atoms with van der Waals surface area (Å²) in [7, 11) is 0. The van der Waals surface area contributed by atoms with E-state index in [1.165, 1.54) is 6.21 Å². The molecule has 2 N–H and O–H groups in total. The molecule has 1 unspecified atom stereocenters. The van der Waals surface area contributed by atoms with Gasteiger partial charge in [-0.3, -0.25) is 5.73 Å². The van der Waals surface area contributed by atoms with Crippen LogP contribution in [0.5, 0.6) is 0 Å². The van der Waals surface area contributed by atoms with Crippen LogP contribution in [-0.2, 0) is 14.4 Å². The summed E-state index contributed by atoms with van der Waals surface area (Å²) in [6.07, 6.45) is 1.41. The first-order valence-electron chi connectivity index (χ1n) is 2.89. The van der Waals surface area contributed by atoms with Crippen molar-refractivity contribution in [3.05, 3.63) is 0 Å². The number of oxime groups is 1. The molecule has 56 valence electrons. The lowest BCUT2D eigenvalue weighted by molar-refractivity contribution is -0.155. The zero-order chi connectivity index (χ0) is 7.40. The summed E-state index contributed by atoms with van der Waals surface area (Å²) >= 11 is 0. The molecule has 1 atom stereocenters.